The molecule has 0 radical (unpaired) electrons. The summed E-state index contributed by atoms with van der Waals surface area (Å²) < 4.78 is 11.4. The van der Waals surface area contributed by atoms with Crippen molar-refractivity contribution < 1.29 is 8.85 Å². The van der Waals surface area contributed by atoms with Crippen molar-refractivity contribution in [2.24, 2.45) is 0 Å². The molecule has 0 atom stereocenters. The summed E-state index contributed by atoms with van der Waals surface area (Å²) in [5, 5.41) is 0. The largest absolute Gasteiger partial charge is 0.620 e. The van der Waals surface area contributed by atoms with E-state index in [1.807, 2.05) is 0 Å². The second-order valence-corrected chi connectivity index (χ2v) is 10.4. The highest BCUT2D eigenvalue weighted by molar-refractivity contribution is 8.72. The lowest BCUT2D eigenvalue weighted by Gasteiger charge is -2.41. The van der Waals surface area contributed by atoms with Gasteiger partial charge in [-0.15, -0.1) is 0 Å². The Labute approximate surface area is 71.2 Å². The molecule has 0 saturated carbocycles. The van der Waals surface area contributed by atoms with Crippen LogP contribution in [0.1, 0.15) is 0 Å². The minimum atomic E-state index is -1.87. The van der Waals surface area contributed by atoms with Crippen LogP contribution < -0.4 is 0 Å². The van der Waals surface area contributed by atoms with Crippen molar-refractivity contribution in [3.8, 4) is 0 Å². The van der Waals surface area contributed by atoms with Gasteiger partial charge in [-0.2, -0.15) is 0 Å². The first-order chi connectivity index (χ1) is 4.20. The molecule has 0 N–H and O–H groups in total. The Morgan fingerprint density at radius 1 is 1.11 bits per heavy atom. The Hall–Kier alpha value is 0.697. The third-order valence-corrected chi connectivity index (χ3v) is 10.0. The monoisotopic (exact) mass is 212 g/mol. The molecule has 0 aliphatic carbocycles. The molecule has 0 amide bonds. The smallest absolute Gasteiger partial charge is 0.483 e. The maximum Gasteiger partial charge on any atom is 0.620 e. The van der Waals surface area contributed by atoms with Crippen LogP contribution in [-0.4, -0.2) is 15.6 Å². The van der Waals surface area contributed by atoms with Crippen LogP contribution in [0.2, 0.25) is 0 Å². The van der Waals surface area contributed by atoms with Gasteiger partial charge in [0.25, 0.3) is 0 Å². The van der Waals surface area contributed by atoms with Gasteiger partial charge in [0.15, 0.2) is 0 Å². The van der Waals surface area contributed by atoms with Gasteiger partial charge in [0, 0.05) is 0 Å². The molecule has 2 rings (SSSR count). The number of rotatable bonds is 0. The molecule has 2 fully saturated rings. The van der Waals surface area contributed by atoms with E-state index in [2.05, 4.69) is 0 Å². The van der Waals surface area contributed by atoms with Crippen molar-refractivity contribution in [3.05, 3.63) is 0 Å². The quantitative estimate of drug-likeness (QED) is 0.444. The molecular weight excluding hydrogens is 212 g/mol. The van der Waals surface area contributed by atoms with Gasteiger partial charge in [0.05, 0.1) is 0 Å². The van der Waals surface area contributed by atoms with Crippen LogP contribution in [0, 0.1) is 0 Å². The second-order valence-electron chi connectivity index (χ2n) is 1.41. The maximum absolute atomic E-state index is 5.12. The van der Waals surface area contributed by atoms with Crippen molar-refractivity contribution in [3.63, 3.8) is 0 Å². The predicted octanol–water partition coefficient (Wildman–Crippen LogP) is 1.52. The van der Waals surface area contributed by atoms with Crippen LogP contribution in [0.25, 0.3) is 0 Å². The van der Waals surface area contributed by atoms with Crippen LogP contribution in [0.5, 0.6) is 0 Å². The minimum Gasteiger partial charge on any atom is -0.483 e. The van der Waals surface area contributed by atoms with E-state index in [1.54, 1.807) is 0 Å². The summed E-state index contributed by atoms with van der Waals surface area (Å²) in [6, 6.07) is 0. The molecule has 2 aliphatic heterocycles. The number of hydrogen-bond donors (Lipinski definition) is 0. The molecule has 9 heavy (non-hydrogen) atoms. The van der Waals surface area contributed by atoms with E-state index in [-0.39, 0.29) is 0 Å². The van der Waals surface area contributed by atoms with Crippen molar-refractivity contribution in [1.82, 2.24) is 0 Å². The molecule has 0 unspecified atom stereocenters. The average Bonchev–Trinajstić information content (AvgIpc) is 1.58. The zero-order chi connectivity index (χ0) is 6.48. The first-order valence-electron chi connectivity index (χ1n) is 2.04. The molecule has 2 heterocycles. The summed E-state index contributed by atoms with van der Waals surface area (Å²) in [6.45, 7) is -1.87. The maximum atomic E-state index is 5.12. The SMILES string of the molecule is S=C1O[Si]2(OC(=S)S2)S1. The Balaban J connectivity index is 2.01. The first-order valence-corrected chi connectivity index (χ1v) is 7.76. The fraction of sp³-hybridized carbons (Fsp3) is 0. The van der Waals surface area contributed by atoms with Crippen molar-refractivity contribution in [2.75, 3.05) is 0 Å². The molecule has 2 saturated heterocycles. The summed E-state index contributed by atoms with van der Waals surface area (Å²) in [7, 11) is 0. The van der Waals surface area contributed by atoms with Gasteiger partial charge in [-0.3, -0.25) is 0 Å². The molecule has 48 valence electrons. The minimum absolute atomic E-state index is 0.594. The average molecular weight is 212 g/mol. The fourth-order valence-corrected chi connectivity index (χ4v) is 10.9. The van der Waals surface area contributed by atoms with Gasteiger partial charge in [-0.05, 0) is 46.9 Å². The third-order valence-electron chi connectivity index (χ3n) is 0.833. The lowest BCUT2D eigenvalue weighted by molar-refractivity contribution is 0.434. The summed E-state index contributed by atoms with van der Waals surface area (Å²) in [5.41, 5.74) is 0. The van der Waals surface area contributed by atoms with Crippen molar-refractivity contribution in [2.45, 2.75) is 0 Å². The molecular formula is C2O2S4Si. The molecule has 7 heteroatoms. The van der Waals surface area contributed by atoms with Crippen LogP contribution in [0.15, 0.2) is 0 Å². The van der Waals surface area contributed by atoms with E-state index in [1.165, 1.54) is 22.4 Å². The third kappa shape index (κ3) is 0.911. The van der Waals surface area contributed by atoms with Crippen molar-refractivity contribution in [1.29, 1.82) is 0 Å². The van der Waals surface area contributed by atoms with Gasteiger partial charge in [-0.25, -0.2) is 0 Å². The highest BCUT2D eigenvalue weighted by Crippen LogP contribution is 2.52. The highest BCUT2D eigenvalue weighted by atomic mass is 32.6. The molecule has 0 aromatic heterocycles. The molecule has 2 nitrogen and oxygen atoms in total. The predicted molar refractivity (Wildman–Crippen MR) is 48.3 cm³/mol. The van der Waals surface area contributed by atoms with Crippen LogP contribution >= 0.6 is 46.9 Å². The number of thiocarbonyl (C=S) groups is 2. The molecule has 0 aromatic carbocycles. The van der Waals surface area contributed by atoms with Gasteiger partial charge in [-0.1, -0.05) is 0 Å². The van der Waals surface area contributed by atoms with E-state index in [0.717, 1.165) is 0 Å². The Bertz CT molecular complexity index is 161. The molecule has 0 aromatic rings. The van der Waals surface area contributed by atoms with Gasteiger partial charge in [0.2, 0.25) is 8.77 Å². The summed E-state index contributed by atoms with van der Waals surface area (Å²) >= 11 is 12.5. The standard InChI is InChI=1S/C2O2S4Si/c5-1-3-9(7-1)4-2(6)8-9. The summed E-state index contributed by atoms with van der Waals surface area (Å²) in [6.07, 6.45) is 0. The first kappa shape index (κ1) is 6.41. The zero-order valence-electron chi connectivity index (χ0n) is 3.95. The van der Waals surface area contributed by atoms with E-state index >= 15 is 0 Å². The summed E-state index contributed by atoms with van der Waals surface area (Å²) in [5.74, 6) is 0. The van der Waals surface area contributed by atoms with Gasteiger partial charge >= 0.3 is 6.86 Å². The number of hydrogen-bond acceptors (Lipinski definition) is 6. The van der Waals surface area contributed by atoms with E-state index < -0.39 is 6.86 Å². The van der Waals surface area contributed by atoms with Crippen LogP contribution in [-0.2, 0) is 8.85 Å². The van der Waals surface area contributed by atoms with Gasteiger partial charge in [0.1, 0.15) is 0 Å². The Morgan fingerprint density at radius 3 is 1.67 bits per heavy atom. The second kappa shape index (κ2) is 1.85. The highest BCUT2D eigenvalue weighted by Gasteiger charge is 2.65. The normalized spacial score (nSPS) is 28.0. The van der Waals surface area contributed by atoms with Crippen LogP contribution in [0.4, 0.5) is 0 Å². The molecule has 2 aliphatic rings. The molecule has 0 bridgehead atoms. The summed E-state index contributed by atoms with van der Waals surface area (Å²) in [4.78, 5) is 0. The zero-order valence-corrected chi connectivity index (χ0v) is 8.22. The molecule has 1 spiro atoms. The van der Waals surface area contributed by atoms with E-state index in [0.29, 0.717) is 8.77 Å². The fourth-order valence-electron chi connectivity index (χ4n) is 0.507. The lowest BCUT2D eigenvalue weighted by Crippen LogP contribution is -2.55. The van der Waals surface area contributed by atoms with Gasteiger partial charge < -0.3 is 8.85 Å². The van der Waals surface area contributed by atoms with E-state index in [4.69, 9.17) is 33.3 Å². The van der Waals surface area contributed by atoms with Crippen LogP contribution in [0.3, 0.4) is 0 Å². The Kier molecular flexibility index (Phi) is 1.32. The van der Waals surface area contributed by atoms with Crippen molar-refractivity contribution >= 4 is 62.5 Å². The topological polar surface area (TPSA) is 18.5 Å². The van der Waals surface area contributed by atoms with E-state index in [9.17, 15) is 0 Å². The lowest BCUT2D eigenvalue weighted by atomic mass is 11.7. The Morgan fingerprint density at radius 2 is 1.44 bits per heavy atom.